The highest BCUT2D eigenvalue weighted by Gasteiger charge is 2.16. The highest BCUT2D eigenvalue weighted by atomic mass is 16.4. The van der Waals surface area contributed by atoms with Crippen LogP contribution in [0.15, 0.2) is 18.2 Å². The van der Waals surface area contributed by atoms with E-state index in [1.165, 1.54) is 18.2 Å². The fraction of sp³-hybridized carbons (Fsp3) is 0.300. The van der Waals surface area contributed by atoms with Crippen molar-refractivity contribution in [1.29, 1.82) is 0 Å². The molecule has 0 fully saturated rings. The first kappa shape index (κ1) is 12.7. The molecule has 0 aromatic heterocycles. The average Bonchev–Trinajstić information content (AvgIpc) is 2.15. The molecule has 3 N–H and O–H groups in total. The van der Waals surface area contributed by atoms with E-state index in [2.05, 4.69) is 0 Å². The Morgan fingerprint density at radius 2 is 2.00 bits per heavy atom. The minimum atomic E-state index is -1.58. The second-order valence-electron chi connectivity index (χ2n) is 3.83. The Bertz CT molecular complexity index is 392. The summed E-state index contributed by atoms with van der Waals surface area (Å²) in [6.07, 6.45) is 0. The molecule has 0 saturated heterocycles. The van der Waals surface area contributed by atoms with E-state index in [4.69, 9.17) is 15.2 Å². The normalized spacial score (nSPS) is 10.6. The summed E-state index contributed by atoms with van der Waals surface area (Å²) in [4.78, 5) is 12.8. The maximum absolute atomic E-state index is 10.9. The van der Waals surface area contributed by atoms with Crippen LogP contribution in [0.2, 0.25) is 0 Å². The fourth-order valence-electron chi connectivity index (χ4n) is 1.45. The van der Waals surface area contributed by atoms with Gasteiger partial charge in [0.15, 0.2) is 0 Å². The van der Waals surface area contributed by atoms with Gasteiger partial charge in [-0.05, 0) is 31.2 Å². The Balaban J connectivity index is 3.15. The summed E-state index contributed by atoms with van der Waals surface area (Å²) >= 11 is 0. The van der Waals surface area contributed by atoms with E-state index >= 15 is 0 Å². The lowest BCUT2D eigenvalue weighted by Crippen LogP contribution is -2.31. The van der Waals surface area contributed by atoms with Gasteiger partial charge in [0.25, 0.3) is 0 Å². The van der Waals surface area contributed by atoms with E-state index in [0.717, 1.165) is 0 Å². The number of hydrogen-bond acceptors (Lipinski definition) is 4. The van der Waals surface area contributed by atoms with E-state index in [-0.39, 0.29) is 5.56 Å². The number of carbonyl (C=O) groups is 1. The summed E-state index contributed by atoms with van der Waals surface area (Å²) in [5, 5.41) is 27.0. The van der Waals surface area contributed by atoms with Gasteiger partial charge in [0.2, 0.25) is 0 Å². The molecule has 0 bridgehead atoms. The zero-order valence-electron chi connectivity index (χ0n) is 9.21. The molecule has 0 heterocycles. The zero-order chi connectivity index (χ0) is 12.3. The second kappa shape index (κ2) is 5.11. The largest absolute Gasteiger partial charge is 0.488 e. The number of hydrogen-bond donors (Lipinski definition) is 3. The molecule has 0 aliphatic rings. The lowest BCUT2D eigenvalue weighted by Gasteiger charge is -2.13. The Hall–Kier alpha value is -1.37. The Morgan fingerprint density at radius 1 is 1.38 bits per heavy atom. The van der Waals surface area contributed by atoms with Gasteiger partial charge in [0, 0.05) is 6.54 Å². The van der Waals surface area contributed by atoms with Gasteiger partial charge in [-0.15, -0.1) is 0 Å². The molecule has 0 saturated carbocycles. The van der Waals surface area contributed by atoms with Crippen molar-refractivity contribution in [3.63, 3.8) is 0 Å². The fourth-order valence-corrected chi connectivity index (χ4v) is 1.45. The van der Waals surface area contributed by atoms with E-state index in [1.807, 2.05) is 19.0 Å². The molecule has 0 atom stereocenters. The molecule has 0 aliphatic heterocycles. The second-order valence-corrected chi connectivity index (χ2v) is 3.83. The minimum Gasteiger partial charge on any atom is -0.478 e. The quantitative estimate of drug-likeness (QED) is 0.578. The Labute approximate surface area is 94.1 Å². The van der Waals surface area contributed by atoms with Crippen LogP contribution in [0.25, 0.3) is 0 Å². The van der Waals surface area contributed by atoms with Gasteiger partial charge in [-0.25, -0.2) is 4.79 Å². The van der Waals surface area contributed by atoms with Gasteiger partial charge in [-0.2, -0.15) is 0 Å². The van der Waals surface area contributed by atoms with Crippen LogP contribution >= 0.6 is 0 Å². The number of nitrogens with zero attached hydrogens (tertiary/aromatic N) is 1. The number of rotatable bonds is 4. The molecule has 0 spiro atoms. The van der Waals surface area contributed by atoms with Crippen LogP contribution in [0, 0.1) is 0 Å². The first-order chi connectivity index (χ1) is 7.41. The molecule has 0 aliphatic carbocycles. The van der Waals surface area contributed by atoms with Crippen LogP contribution in [0.3, 0.4) is 0 Å². The number of carboxylic acids is 1. The monoisotopic (exact) mass is 223 g/mol. The third-order valence-electron chi connectivity index (χ3n) is 2.14. The van der Waals surface area contributed by atoms with Crippen LogP contribution in [-0.4, -0.2) is 47.2 Å². The van der Waals surface area contributed by atoms with E-state index in [0.29, 0.717) is 17.6 Å². The van der Waals surface area contributed by atoms with Crippen LogP contribution in [0.5, 0.6) is 0 Å². The lowest BCUT2D eigenvalue weighted by molar-refractivity contribution is 0.0695. The predicted octanol–water partition coefficient (Wildman–Crippen LogP) is -0.874. The van der Waals surface area contributed by atoms with Crippen molar-refractivity contribution < 1.29 is 19.9 Å². The molecule has 16 heavy (non-hydrogen) atoms. The van der Waals surface area contributed by atoms with Crippen LogP contribution in [-0.2, 0) is 6.54 Å². The summed E-state index contributed by atoms with van der Waals surface area (Å²) in [5.74, 6) is -1.02. The van der Waals surface area contributed by atoms with E-state index in [1.54, 1.807) is 0 Å². The first-order valence-electron chi connectivity index (χ1n) is 4.79. The molecule has 5 nitrogen and oxygen atoms in total. The van der Waals surface area contributed by atoms with Crippen LogP contribution in [0.1, 0.15) is 15.9 Å². The van der Waals surface area contributed by atoms with Crippen molar-refractivity contribution in [2.24, 2.45) is 0 Å². The standard InChI is InChI=1S/C10H14BNO4/c1-12(2)6-7-5-8(11(15)16)3-4-9(7)10(13)14/h3-5,15-16H,6H2,1-2H3,(H,13,14). The maximum Gasteiger partial charge on any atom is 0.488 e. The van der Waals surface area contributed by atoms with E-state index < -0.39 is 13.1 Å². The third kappa shape index (κ3) is 3.06. The zero-order valence-corrected chi connectivity index (χ0v) is 9.21. The Morgan fingerprint density at radius 3 is 2.44 bits per heavy atom. The summed E-state index contributed by atoms with van der Waals surface area (Å²) in [6, 6.07) is 4.28. The topological polar surface area (TPSA) is 81.0 Å². The molecule has 0 radical (unpaired) electrons. The van der Waals surface area contributed by atoms with Gasteiger partial charge >= 0.3 is 13.1 Å². The highest BCUT2D eigenvalue weighted by Crippen LogP contribution is 2.09. The van der Waals surface area contributed by atoms with Gasteiger partial charge < -0.3 is 20.1 Å². The Kier molecular flexibility index (Phi) is 4.06. The summed E-state index contributed by atoms with van der Waals surface area (Å²) < 4.78 is 0. The number of aromatic carboxylic acids is 1. The number of benzene rings is 1. The molecule has 1 aromatic rings. The molecular weight excluding hydrogens is 209 g/mol. The third-order valence-corrected chi connectivity index (χ3v) is 2.14. The SMILES string of the molecule is CN(C)Cc1cc(B(O)O)ccc1C(=O)O. The highest BCUT2D eigenvalue weighted by molar-refractivity contribution is 6.58. The summed E-state index contributed by atoms with van der Waals surface area (Å²) in [5.41, 5.74) is 1.03. The molecule has 0 amide bonds. The van der Waals surface area contributed by atoms with Gasteiger partial charge in [0.05, 0.1) is 5.56 Å². The van der Waals surface area contributed by atoms with Gasteiger partial charge in [-0.1, -0.05) is 12.1 Å². The van der Waals surface area contributed by atoms with Gasteiger partial charge in [-0.3, -0.25) is 0 Å². The molecular formula is C10H14BNO4. The van der Waals surface area contributed by atoms with Crippen molar-refractivity contribution >= 4 is 18.6 Å². The summed E-state index contributed by atoms with van der Waals surface area (Å²) in [7, 11) is 2.05. The van der Waals surface area contributed by atoms with Crippen molar-refractivity contribution in [1.82, 2.24) is 4.90 Å². The van der Waals surface area contributed by atoms with Gasteiger partial charge in [0.1, 0.15) is 0 Å². The van der Waals surface area contributed by atoms with Crippen molar-refractivity contribution in [2.75, 3.05) is 14.1 Å². The number of carboxylic acid groups (broad SMARTS) is 1. The molecule has 0 unspecified atom stereocenters. The van der Waals surface area contributed by atoms with Crippen molar-refractivity contribution in [2.45, 2.75) is 6.54 Å². The first-order valence-corrected chi connectivity index (χ1v) is 4.79. The molecule has 1 rings (SSSR count). The van der Waals surface area contributed by atoms with Crippen molar-refractivity contribution in [3.05, 3.63) is 29.3 Å². The molecule has 1 aromatic carbocycles. The minimum absolute atomic E-state index is 0.179. The smallest absolute Gasteiger partial charge is 0.478 e. The van der Waals surface area contributed by atoms with E-state index in [9.17, 15) is 4.79 Å². The van der Waals surface area contributed by atoms with Crippen molar-refractivity contribution in [3.8, 4) is 0 Å². The molecule has 6 heteroatoms. The van der Waals surface area contributed by atoms with Crippen LogP contribution < -0.4 is 5.46 Å². The maximum atomic E-state index is 10.9. The predicted molar refractivity (Wildman–Crippen MR) is 60.6 cm³/mol. The summed E-state index contributed by atoms with van der Waals surface area (Å²) in [6.45, 7) is 0.433. The lowest BCUT2D eigenvalue weighted by atomic mass is 9.79. The van der Waals surface area contributed by atoms with Crippen LogP contribution in [0.4, 0.5) is 0 Å². The molecule has 86 valence electrons. The average molecular weight is 223 g/mol.